The Kier molecular flexibility index (Phi) is 6.22. The second kappa shape index (κ2) is 7.45. The van der Waals surface area contributed by atoms with E-state index in [2.05, 4.69) is 18.5 Å². The summed E-state index contributed by atoms with van der Waals surface area (Å²) in [5.41, 5.74) is 0. The number of amides is 1. The fraction of sp³-hybridized carbons (Fsp3) is 0.769. The van der Waals surface area contributed by atoms with Gasteiger partial charge in [-0.05, 0) is 45.0 Å². The van der Waals surface area contributed by atoms with E-state index in [1.54, 1.807) is 7.11 Å². The van der Waals surface area contributed by atoms with E-state index in [1.807, 2.05) is 4.90 Å². The van der Waals surface area contributed by atoms with Crippen molar-refractivity contribution in [3.8, 4) is 0 Å². The van der Waals surface area contributed by atoms with Crippen LogP contribution in [0.3, 0.4) is 0 Å². The maximum atomic E-state index is 11.7. The van der Waals surface area contributed by atoms with Gasteiger partial charge in [-0.25, -0.2) is 0 Å². The molecule has 0 atom stereocenters. The second-order valence-corrected chi connectivity index (χ2v) is 4.73. The Hall–Kier alpha value is -0.870. The van der Waals surface area contributed by atoms with Gasteiger partial charge in [0.2, 0.25) is 5.91 Å². The Morgan fingerprint density at radius 1 is 1.53 bits per heavy atom. The van der Waals surface area contributed by atoms with Crippen LogP contribution < -0.4 is 0 Å². The van der Waals surface area contributed by atoms with Gasteiger partial charge < -0.3 is 14.5 Å². The highest BCUT2D eigenvalue weighted by Crippen LogP contribution is 2.17. The summed E-state index contributed by atoms with van der Waals surface area (Å²) in [5, 5.41) is 0. The van der Waals surface area contributed by atoms with Gasteiger partial charge in [0.25, 0.3) is 0 Å². The monoisotopic (exact) mass is 240 g/mol. The first kappa shape index (κ1) is 14.2. The average molecular weight is 240 g/mol. The predicted molar refractivity (Wildman–Crippen MR) is 68.9 cm³/mol. The summed E-state index contributed by atoms with van der Waals surface area (Å²) >= 11 is 0. The van der Waals surface area contributed by atoms with Gasteiger partial charge in [0.15, 0.2) is 0 Å². The van der Waals surface area contributed by atoms with Crippen molar-refractivity contribution in [1.29, 1.82) is 0 Å². The number of methoxy groups -OCH3 is 1. The zero-order chi connectivity index (χ0) is 12.7. The van der Waals surface area contributed by atoms with Crippen molar-refractivity contribution in [3.05, 3.63) is 12.7 Å². The predicted octanol–water partition coefficient (Wildman–Crippen LogP) is 0.989. The first-order valence-corrected chi connectivity index (χ1v) is 6.26. The lowest BCUT2D eigenvalue weighted by atomic mass is 9.96. The number of hydrogen-bond acceptors (Lipinski definition) is 3. The first-order chi connectivity index (χ1) is 8.17. The van der Waals surface area contributed by atoms with E-state index in [9.17, 15) is 4.79 Å². The molecule has 4 heteroatoms. The van der Waals surface area contributed by atoms with Gasteiger partial charge in [-0.1, -0.05) is 6.58 Å². The van der Waals surface area contributed by atoms with Gasteiger partial charge in [0, 0.05) is 20.2 Å². The summed E-state index contributed by atoms with van der Waals surface area (Å²) in [4.78, 5) is 15.9. The lowest BCUT2D eigenvalue weighted by Crippen LogP contribution is -2.40. The molecule has 1 aliphatic rings. The molecular weight excluding hydrogens is 216 g/mol. The Morgan fingerprint density at radius 3 is 2.71 bits per heavy atom. The summed E-state index contributed by atoms with van der Waals surface area (Å²) in [6, 6.07) is 0. The van der Waals surface area contributed by atoms with Gasteiger partial charge in [-0.15, -0.1) is 0 Å². The van der Waals surface area contributed by atoms with Crippen molar-refractivity contribution in [1.82, 2.24) is 9.80 Å². The van der Waals surface area contributed by atoms with Crippen molar-refractivity contribution in [2.45, 2.75) is 12.8 Å². The van der Waals surface area contributed by atoms with Crippen molar-refractivity contribution >= 4 is 5.91 Å². The molecule has 0 spiro atoms. The number of rotatable bonds is 6. The van der Waals surface area contributed by atoms with Crippen LogP contribution in [0.5, 0.6) is 0 Å². The summed E-state index contributed by atoms with van der Waals surface area (Å²) in [6.45, 7) is 7.90. The maximum absolute atomic E-state index is 11.7. The minimum atomic E-state index is 0.0148. The molecule has 0 saturated carbocycles. The van der Waals surface area contributed by atoms with Gasteiger partial charge in [-0.3, -0.25) is 4.79 Å². The fourth-order valence-electron chi connectivity index (χ4n) is 2.18. The number of ether oxygens (including phenoxy) is 1. The van der Waals surface area contributed by atoms with Crippen LogP contribution in [0.25, 0.3) is 0 Å². The normalized spacial score (nSPS) is 18.0. The standard InChI is InChI=1S/C13H24N2O2/c1-4-13(16)15(9-10-17-3)11-12-5-7-14(2)8-6-12/h4,12H,1,5-11H2,2-3H3. The van der Waals surface area contributed by atoms with Crippen LogP contribution in [0.15, 0.2) is 12.7 Å². The number of likely N-dealkylation sites (tertiary alicyclic amines) is 1. The van der Waals surface area contributed by atoms with Crippen molar-refractivity contribution in [2.24, 2.45) is 5.92 Å². The molecule has 0 aromatic rings. The third-order valence-corrected chi connectivity index (χ3v) is 3.37. The topological polar surface area (TPSA) is 32.8 Å². The smallest absolute Gasteiger partial charge is 0.246 e. The van der Waals surface area contributed by atoms with E-state index in [0.29, 0.717) is 19.1 Å². The SMILES string of the molecule is C=CC(=O)N(CCOC)CC1CCN(C)CC1. The van der Waals surface area contributed by atoms with Crippen LogP contribution in [0.4, 0.5) is 0 Å². The highest BCUT2D eigenvalue weighted by molar-refractivity contribution is 5.86. The van der Waals surface area contributed by atoms with Crippen LogP contribution in [-0.2, 0) is 9.53 Å². The quantitative estimate of drug-likeness (QED) is 0.649. The van der Waals surface area contributed by atoms with E-state index >= 15 is 0 Å². The Balaban J connectivity index is 2.41. The van der Waals surface area contributed by atoms with Crippen LogP contribution in [-0.4, -0.2) is 62.7 Å². The van der Waals surface area contributed by atoms with E-state index in [1.165, 1.54) is 18.9 Å². The van der Waals surface area contributed by atoms with Gasteiger partial charge in [0.1, 0.15) is 0 Å². The van der Waals surface area contributed by atoms with Crippen molar-refractivity contribution in [2.75, 3.05) is 46.9 Å². The van der Waals surface area contributed by atoms with Crippen molar-refractivity contribution < 1.29 is 9.53 Å². The van der Waals surface area contributed by atoms with Crippen LogP contribution in [0.2, 0.25) is 0 Å². The number of carbonyl (C=O) groups is 1. The van der Waals surface area contributed by atoms with Crippen LogP contribution in [0, 0.1) is 5.92 Å². The zero-order valence-corrected chi connectivity index (χ0v) is 11.0. The Bertz CT molecular complexity index is 248. The van der Waals surface area contributed by atoms with Gasteiger partial charge in [0.05, 0.1) is 6.61 Å². The number of carbonyl (C=O) groups excluding carboxylic acids is 1. The number of piperidine rings is 1. The third kappa shape index (κ3) is 4.88. The van der Waals surface area contributed by atoms with E-state index in [0.717, 1.165) is 19.6 Å². The Labute approximate surface area is 104 Å². The van der Waals surface area contributed by atoms with Gasteiger partial charge >= 0.3 is 0 Å². The molecule has 1 aliphatic heterocycles. The third-order valence-electron chi connectivity index (χ3n) is 3.37. The molecule has 98 valence electrons. The largest absolute Gasteiger partial charge is 0.383 e. The summed E-state index contributed by atoms with van der Waals surface area (Å²) in [7, 11) is 3.81. The summed E-state index contributed by atoms with van der Waals surface area (Å²) < 4.78 is 5.04. The van der Waals surface area contributed by atoms with E-state index in [-0.39, 0.29) is 5.91 Å². The molecule has 1 saturated heterocycles. The maximum Gasteiger partial charge on any atom is 0.246 e. The lowest BCUT2D eigenvalue weighted by molar-refractivity contribution is -0.127. The molecule has 0 N–H and O–H groups in total. The fourth-order valence-corrected chi connectivity index (χ4v) is 2.18. The van der Waals surface area contributed by atoms with Crippen LogP contribution >= 0.6 is 0 Å². The minimum Gasteiger partial charge on any atom is -0.383 e. The van der Waals surface area contributed by atoms with Crippen molar-refractivity contribution in [3.63, 3.8) is 0 Å². The van der Waals surface area contributed by atoms with E-state index < -0.39 is 0 Å². The lowest BCUT2D eigenvalue weighted by Gasteiger charge is -2.32. The molecular formula is C13H24N2O2. The summed E-state index contributed by atoms with van der Waals surface area (Å²) in [6.07, 6.45) is 3.74. The highest BCUT2D eigenvalue weighted by Gasteiger charge is 2.21. The average Bonchev–Trinajstić information content (AvgIpc) is 2.36. The molecule has 0 unspecified atom stereocenters. The van der Waals surface area contributed by atoms with E-state index in [4.69, 9.17) is 4.74 Å². The molecule has 1 amide bonds. The molecule has 1 fully saturated rings. The number of nitrogens with zero attached hydrogens (tertiary/aromatic N) is 2. The summed E-state index contributed by atoms with van der Waals surface area (Å²) in [5.74, 6) is 0.632. The van der Waals surface area contributed by atoms with Crippen LogP contribution in [0.1, 0.15) is 12.8 Å². The number of hydrogen-bond donors (Lipinski definition) is 0. The molecule has 1 rings (SSSR count). The molecule has 0 aliphatic carbocycles. The zero-order valence-electron chi connectivity index (χ0n) is 11.0. The molecule has 0 radical (unpaired) electrons. The molecule has 1 heterocycles. The molecule has 0 bridgehead atoms. The second-order valence-electron chi connectivity index (χ2n) is 4.73. The first-order valence-electron chi connectivity index (χ1n) is 6.26. The Morgan fingerprint density at radius 2 is 2.18 bits per heavy atom. The van der Waals surface area contributed by atoms with Gasteiger partial charge in [-0.2, -0.15) is 0 Å². The molecule has 0 aromatic heterocycles. The highest BCUT2D eigenvalue weighted by atomic mass is 16.5. The molecule has 17 heavy (non-hydrogen) atoms. The minimum absolute atomic E-state index is 0.0148. The molecule has 4 nitrogen and oxygen atoms in total. The molecule has 0 aromatic carbocycles.